The second-order valence-electron chi connectivity index (χ2n) is 1.18. The maximum absolute atomic E-state index is 5.23. The fraction of sp³-hybridized carbons (Fsp3) is 0. The molecule has 0 atom stereocenters. The molecule has 0 spiro atoms. The van der Waals surface area contributed by atoms with Crippen LogP contribution in [0.5, 0.6) is 0 Å². The van der Waals surface area contributed by atoms with Gasteiger partial charge in [0.05, 0.1) is 0 Å². The smallest absolute Gasteiger partial charge is 0.0381 e. The maximum Gasteiger partial charge on any atom is 0.0381 e. The van der Waals surface area contributed by atoms with Crippen molar-refractivity contribution in [3.05, 3.63) is 24.4 Å². The van der Waals surface area contributed by atoms with Crippen LogP contribution in [0.4, 0.5) is 5.82 Å². The summed E-state index contributed by atoms with van der Waals surface area (Å²) in [5.41, 5.74) is 5.23. The van der Waals surface area contributed by atoms with Gasteiger partial charge in [-0.25, -0.2) is 12.1 Å². The number of nitrogens with zero attached hydrogens (tertiary/aromatic N) is 1. The van der Waals surface area contributed by atoms with Crippen molar-refractivity contribution in [3.63, 3.8) is 0 Å². The van der Waals surface area contributed by atoms with E-state index in [4.69, 9.17) is 5.73 Å². The van der Waals surface area contributed by atoms with Crippen LogP contribution in [-0.4, -0.2) is 4.98 Å². The van der Waals surface area contributed by atoms with E-state index in [9.17, 15) is 0 Å². The summed E-state index contributed by atoms with van der Waals surface area (Å²) in [5, 5.41) is 0. The molecular weight excluding hydrogens is 88.1 g/mol. The molecule has 7 heavy (non-hydrogen) atoms. The SMILES string of the molecule is Nc1cc[c-]cn1. The Morgan fingerprint density at radius 2 is 2.57 bits per heavy atom. The predicted molar refractivity (Wildman–Crippen MR) is 27.5 cm³/mol. The van der Waals surface area contributed by atoms with Crippen LogP contribution >= 0.6 is 0 Å². The molecule has 0 aliphatic rings. The number of nitrogens with two attached hydrogens (primary N) is 1. The minimum atomic E-state index is 0.541. The zero-order valence-corrected chi connectivity index (χ0v) is 3.76. The molecule has 0 radical (unpaired) electrons. The average Bonchev–Trinajstić information content (AvgIpc) is 1.69. The van der Waals surface area contributed by atoms with E-state index in [0.717, 1.165) is 0 Å². The van der Waals surface area contributed by atoms with Gasteiger partial charge < -0.3 is 5.73 Å². The summed E-state index contributed by atoms with van der Waals surface area (Å²) in [4.78, 5) is 3.70. The third-order valence-electron chi connectivity index (χ3n) is 0.638. The third kappa shape index (κ3) is 0.892. The highest BCUT2D eigenvalue weighted by Gasteiger charge is 1.63. The van der Waals surface area contributed by atoms with Crippen molar-refractivity contribution in [3.8, 4) is 0 Å². The molecule has 0 unspecified atom stereocenters. The molecule has 0 aliphatic heterocycles. The van der Waals surface area contributed by atoms with Gasteiger partial charge in [0, 0.05) is 5.82 Å². The van der Waals surface area contributed by atoms with E-state index in [0.29, 0.717) is 5.82 Å². The normalized spacial score (nSPS) is 8.57. The summed E-state index contributed by atoms with van der Waals surface area (Å²) in [7, 11) is 0. The van der Waals surface area contributed by atoms with Crippen molar-refractivity contribution in [1.82, 2.24) is 4.98 Å². The summed E-state index contributed by atoms with van der Waals surface area (Å²) in [6, 6.07) is 6.16. The van der Waals surface area contributed by atoms with Gasteiger partial charge in [-0.15, -0.1) is 0 Å². The Hall–Kier alpha value is -1.05. The maximum atomic E-state index is 5.23. The number of hydrogen-bond acceptors (Lipinski definition) is 2. The molecule has 0 amide bonds. The van der Waals surface area contributed by atoms with Gasteiger partial charge in [-0.2, -0.15) is 6.07 Å². The van der Waals surface area contributed by atoms with Crippen molar-refractivity contribution in [1.29, 1.82) is 0 Å². The summed E-state index contributed by atoms with van der Waals surface area (Å²) < 4.78 is 0. The molecule has 1 aromatic rings. The second kappa shape index (κ2) is 1.60. The lowest BCUT2D eigenvalue weighted by molar-refractivity contribution is 1.33. The Morgan fingerprint density at radius 3 is 2.86 bits per heavy atom. The summed E-state index contributed by atoms with van der Waals surface area (Å²) in [6.07, 6.45) is 1.54. The lowest BCUT2D eigenvalue weighted by Crippen LogP contribution is -1.85. The average molecular weight is 93.1 g/mol. The highest BCUT2D eigenvalue weighted by molar-refractivity contribution is 5.24. The molecule has 0 bridgehead atoms. The number of hydrogen-bond donors (Lipinski definition) is 1. The van der Waals surface area contributed by atoms with Crippen molar-refractivity contribution in [2.45, 2.75) is 0 Å². The van der Waals surface area contributed by atoms with Gasteiger partial charge in [-0.1, -0.05) is 6.20 Å². The van der Waals surface area contributed by atoms with Crippen molar-refractivity contribution >= 4 is 5.82 Å². The number of anilines is 1. The van der Waals surface area contributed by atoms with E-state index < -0.39 is 0 Å². The highest BCUT2D eigenvalue weighted by atomic mass is 14.8. The van der Waals surface area contributed by atoms with E-state index in [1.165, 1.54) is 6.20 Å². The Kier molecular flexibility index (Phi) is 0.941. The number of aromatic nitrogens is 1. The summed E-state index contributed by atoms with van der Waals surface area (Å²) in [5.74, 6) is 0.541. The number of nitrogen functional groups attached to an aromatic ring is 1. The molecule has 36 valence electrons. The van der Waals surface area contributed by atoms with Crippen LogP contribution < -0.4 is 5.73 Å². The van der Waals surface area contributed by atoms with Gasteiger partial charge in [-0.05, 0) is 0 Å². The van der Waals surface area contributed by atoms with Crippen LogP contribution in [0.3, 0.4) is 0 Å². The van der Waals surface area contributed by atoms with Gasteiger partial charge in [0.2, 0.25) is 0 Å². The van der Waals surface area contributed by atoms with E-state index in [-0.39, 0.29) is 0 Å². The van der Waals surface area contributed by atoms with Crippen LogP contribution in [0.2, 0.25) is 0 Å². The standard InChI is InChI=1S/C5H5N2/c6-5-3-1-2-4-7-5/h1,3-4H,(H2,6,7)/q-1. The minimum absolute atomic E-state index is 0.541. The molecule has 0 aromatic carbocycles. The molecule has 0 saturated carbocycles. The summed E-state index contributed by atoms with van der Waals surface area (Å²) in [6.45, 7) is 0. The fourth-order valence-corrected chi connectivity index (χ4v) is 0.331. The monoisotopic (exact) mass is 93.0 g/mol. The summed E-state index contributed by atoms with van der Waals surface area (Å²) >= 11 is 0. The topological polar surface area (TPSA) is 38.9 Å². The van der Waals surface area contributed by atoms with Gasteiger partial charge in [0.15, 0.2) is 0 Å². The molecular formula is C5H5N2-. The molecule has 2 N–H and O–H groups in total. The van der Waals surface area contributed by atoms with E-state index in [1.807, 2.05) is 0 Å². The van der Waals surface area contributed by atoms with Gasteiger partial charge in [-0.3, -0.25) is 4.98 Å². The Labute approximate surface area is 42.0 Å². The van der Waals surface area contributed by atoms with Crippen molar-refractivity contribution in [2.24, 2.45) is 0 Å². The van der Waals surface area contributed by atoms with Crippen LogP contribution in [0, 0.1) is 6.07 Å². The van der Waals surface area contributed by atoms with E-state index in [1.54, 1.807) is 12.1 Å². The first-order valence-corrected chi connectivity index (χ1v) is 1.97. The zero-order chi connectivity index (χ0) is 5.11. The van der Waals surface area contributed by atoms with Crippen molar-refractivity contribution < 1.29 is 0 Å². The Bertz CT molecular complexity index is 136. The first-order valence-electron chi connectivity index (χ1n) is 1.97. The molecule has 1 rings (SSSR count). The molecule has 0 aliphatic carbocycles. The van der Waals surface area contributed by atoms with Crippen LogP contribution in [-0.2, 0) is 0 Å². The highest BCUT2D eigenvalue weighted by Crippen LogP contribution is 1.88. The quantitative estimate of drug-likeness (QED) is 0.473. The Morgan fingerprint density at radius 1 is 1.71 bits per heavy atom. The van der Waals surface area contributed by atoms with Crippen LogP contribution in [0.25, 0.3) is 0 Å². The number of rotatable bonds is 0. The lowest BCUT2D eigenvalue weighted by Gasteiger charge is -1.92. The Balaban J connectivity index is 3.02. The van der Waals surface area contributed by atoms with Gasteiger partial charge in [0.25, 0.3) is 0 Å². The first-order chi connectivity index (χ1) is 3.39. The van der Waals surface area contributed by atoms with E-state index >= 15 is 0 Å². The molecule has 0 fully saturated rings. The largest absolute Gasteiger partial charge is 0.399 e. The van der Waals surface area contributed by atoms with E-state index in [2.05, 4.69) is 11.1 Å². The second-order valence-corrected chi connectivity index (χ2v) is 1.18. The molecule has 0 saturated heterocycles. The zero-order valence-electron chi connectivity index (χ0n) is 3.76. The van der Waals surface area contributed by atoms with Crippen LogP contribution in [0.1, 0.15) is 0 Å². The molecule has 1 heterocycles. The predicted octanol–water partition coefficient (Wildman–Crippen LogP) is 0.464. The molecule has 1 aromatic heterocycles. The molecule has 2 nitrogen and oxygen atoms in total. The van der Waals surface area contributed by atoms with Gasteiger partial charge >= 0.3 is 0 Å². The third-order valence-corrected chi connectivity index (χ3v) is 0.638. The first kappa shape index (κ1) is 4.12. The van der Waals surface area contributed by atoms with Gasteiger partial charge in [0.1, 0.15) is 0 Å². The molecule has 2 heteroatoms. The van der Waals surface area contributed by atoms with Crippen LogP contribution in [0.15, 0.2) is 18.3 Å². The fourth-order valence-electron chi connectivity index (χ4n) is 0.331. The van der Waals surface area contributed by atoms with Crippen molar-refractivity contribution in [2.75, 3.05) is 5.73 Å². The number of pyridine rings is 1. The minimum Gasteiger partial charge on any atom is -0.399 e. The lowest BCUT2D eigenvalue weighted by atomic mass is 10.5.